The lowest BCUT2D eigenvalue weighted by Crippen LogP contribution is -2.35. The van der Waals surface area contributed by atoms with Crippen molar-refractivity contribution < 1.29 is 4.74 Å². The van der Waals surface area contributed by atoms with Crippen LogP contribution in [0.5, 0.6) is 0 Å². The van der Waals surface area contributed by atoms with Gasteiger partial charge in [0.1, 0.15) is 0 Å². The number of ether oxygens (including phenoxy) is 1. The maximum absolute atomic E-state index is 5.73. The maximum atomic E-state index is 5.73. The van der Waals surface area contributed by atoms with Crippen molar-refractivity contribution in [1.29, 1.82) is 0 Å². The minimum absolute atomic E-state index is 0.484. The van der Waals surface area contributed by atoms with Crippen molar-refractivity contribution in [2.45, 2.75) is 39.2 Å². The molecule has 1 heterocycles. The third kappa shape index (κ3) is 4.07. The first-order valence-electron chi connectivity index (χ1n) is 5.11. The number of rotatable bonds is 4. The lowest BCUT2D eigenvalue weighted by Gasteiger charge is -2.23. The van der Waals surface area contributed by atoms with Crippen LogP contribution in [0.2, 0.25) is 0 Å². The Kier molecular flexibility index (Phi) is 4.62. The molecule has 1 aliphatic rings. The molecule has 1 atom stereocenters. The van der Waals surface area contributed by atoms with E-state index in [0.29, 0.717) is 6.10 Å². The molecule has 0 aromatic heterocycles. The SMILES string of the molecule is CC(C)CCOC1CCCNC1. The van der Waals surface area contributed by atoms with Gasteiger partial charge in [-0.05, 0) is 31.7 Å². The summed E-state index contributed by atoms with van der Waals surface area (Å²) in [6.45, 7) is 7.64. The van der Waals surface area contributed by atoms with Crippen molar-refractivity contribution in [1.82, 2.24) is 5.32 Å². The van der Waals surface area contributed by atoms with Crippen molar-refractivity contribution >= 4 is 0 Å². The summed E-state index contributed by atoms with van der Waals surface area (Å²) in [5, 5.41) is 3.35. The number of nitrogens with one attached hydrogen (secondary N) is 1. The molecule has 1 rings (SSSR count). The lowest BCUT2D eigenvalue weighted by atomic mass is 10.1. The molecule has 2 nitrogen and oxygen atoms in total. The van der Waals surface area contributed by atoms with Crippen molar-refractivity contribution in [3.8, 4) is 0 Å². The second kappa shape index (κ2) is 5.55. The molecular weight excluding hydrogens is 150 g/mol. The summed E-state index contributed by atoms with van der Waals surface area (Å²) in [5.41, 5.74) is 0. The highest BCUT2D eigenvalue weighted by atomic mass is 16.5. The molecule has 0 aliphatic carbocycles. The molecule has 0 saturated carbocycles. The Morgan fingerprint density at radius 2 is 2.33 bits per heavy atom. The van der Waals surface area contributed by atoms with E-state index in [9.17, 15) is 0 Å². The molecular formula is C10H21NO. The van der Waals surface area contributed by atoms with E-state index in [1.54, 1.807) is 0 Å². The summed E-state index contributed by atoms with van der Waals surface area (Å²) in [5.74, 6) is 0.765. The van der Waals surface area contributed by atoms with E-state index in [-0.39, 0.29) is 0 Å². The van der Waals surface area contributed by atoms with Gasteiger partial charge in [-0.2, -0.15) is 0 Å². The van der Waals surface area contributed by atoms with Gasteiger partial charge in [0, 0.05) is 13.2 Å². The molecule has 1 saturated heterocycles. The van der Waals surface area contributed by atoms with E-state index < -0.39 is 0 Å². The zero-order chi connectivity index (χ0) is 8.81. The quantitative estimate of drug-likeness (QED) is 0.696. The molecule has 0 bridgehead atoms. The van der Waals surface area contributed by atoms with Crippen LogP contribution in [0.1, 0.15) is 33.1 Å². The van der Waals surface area contributed by atoms with Crippen LogP contribution >= 0.6 is 0 Å². The van der Waals surface area contributed by atoms with Gasteiger partial charge < -0.3 is 10.1 Å². The van der Waals surface area contributed by atoms with Gasteiger partial charge in [0.15, 0.2) is 0 Å². The molecule has 1 aliphatic heterocycles. The van der Waals surface area contributed by atoms with E-state index in [4.69, 9.17) is 4.74 Å². The van der Waals surface area contributed by atoms with Crippen molar-refractivity contribution in [3.63, 3.8) is 0 Å². The van der Waals surface area contributed by atoms with Crippen LogP contribution in [-0.2, 0) is 4.74 Å². The monoisotopic (exact) mass is 171 g/mol. The molecule has 0 amide bonds. The largest absolute Gasteiger partial charge is 0.377 e. The molecule has 0 aromatic carbocycles. The fraction of sp³-hybridized carbons (Fsp3) is 1.00. The Labute approximate surface area is 75.7 Å². The van der Waals surface area contributed by atoms with Crippen molar-refractivity contribution in [2.24, 2.45) is 5.92 Å². The van der Waals surface area contributed by atoms with Gasteiger partial charge in [-0.15, -0.1) is 0 Å². The van der Waals surface area contributed by atoms with Gasteiger partial charge in [0.25, 0.3) is 0 Å². The molecule has 1 N–H and O–H groups in total. The Morgan fingerprint density at radius 3 is 2.92 bits per heavy atom. The van der Waals surface area contributed by atoms with E-state index in [1.165, 1.54) is 25.8 Å². The standard InChI is InChI=1S/C10H21NO/c1-9(2)5-7-12-10-4-3-6-11-8-10/h9-11H,3-8H2,1-2H3. The Hall–Kier alpha value is -0.0800. The van der Waals surface area contributed by atoms with Gasteiger partial charge in [-0.1, -0.05) is 13.8 Å². The first-order valence-corrected chi connectivity index (χ1v) is 5.11. The van der Waals surface area contributed by atoms with E-state index >= 15 is 0 Å². The second-order valence-corrected chi connectivity index (χ2v) is 4.02. The fourth-order valence-electron chi connectivity index (χ4n) is 1.43. The minimum atomic E-state index is 0.484. The van der Waals surface area contributed by atoms with Gasteiger partial charge in [0.2, 0.25) is 0 Å². The van der Waals surface area contributed by atoms with Crippen molar-refractivity contribution in [2.75, 3.05) is 19.7 Å². The molecule has 2 heteroatoms. The van der Waals surface area contributed by atoms with E-state index in [1.807, 2.05) is 0 Å². The predicted octanol–water partition coefficient (Wildman–Crippen LogP) is 1.80. The smallest absolute Gasteiger partial charge is 0.0699 e. The zero-order valence-electron chi connectivity index (χ0n) is 8.31. The highest BCUT2D eigenvalue weighted by Crippen LogP contribution is 2.08. The van der Waals surface area contributed by atoms with Gasteiger partial charge in [-0.25, -0.2) is 0 Å². The van der Waals surface area contributed by atoms with Crippen LogP contribution < -0.4 is 5.32 Å². The van der Waals surface area contributed by atoms with Crippen LogP contribution in [0, 0.1) is 5.92 Å². The van der Waals surface area contributed by atoms with Gasteiger partial charge in [0.05, 0.1) is 6.10 Å². The average molecular weight is 171 g/mol. The first kappa shape index (κ1) is 10.0. The summed E-state index contributed by atoms with van der Waals surface area (Å²) in [6.07, 6.45) is 4.19. The Bertz CT molecular complexity index is 108. The molecule has 0 spiro atoms. The number of hydrogen-bond acceptors (Lipinski definition) is 2. The molecule has 0 radical (unpaired) electrons. The normalized spacial score (nSPS) is 24.8. The highest BCUT2D eigenvalue weighted by molar-refractivity contribution is 4.68. The predicted molar refractivity (Wildman–Crippen MR) is 51.3 cm³/mol. The molecule has 12 heavy (non-hydrogen) atoms. The average Bonchev–Trinajstić information content (AvgIpc) is 2.05. The van der Waals surface area contributed by atoms with Crippen LogP contribution in [0.4, 0.5) is 0 Å². The Balaban J connectivity index is 1.98. The van der Waals surface area contributed by atoms with Crippen LogP contribution in [0.25, 0.3) is 0 Å². The summed E-state index contributed by atoms with van der Waals surface area (Å²) in [4.78, 5) is 0. The third-order valence-corrected chi connectivity index (χ3v) is 2.30. The topological polar surface area (TPSA) is 21.3 Å². The summed E-state index contributed by atoms with van der Waals surface area (Å²) in [6, 6.07) is 0. The summed E-state index contributed by atoms with van der Waals surface area (Å²) >= 11 is 0. The molecule has 1 fully saturated rings. The molecule has 72 valence electrons. The lowest BCUT2D eigenvalue weighted by molar-refractivity contribution is 0.0312. The second-order valence-electron chi connectivity index (χ2n) is 4.02. The summed E-state index contributed by atoms with van der Waals surface area (Å²) < 4.78 is 5.73. The third-order valence-electron chi connectivity index (χ3n) is 2.30. The van der Waals surface area contributed by atoms with Crippen LogP contribution in [0.3, 0.4) is 0 Å². The van der Waals surface area contributed by atoms with Gasteiger partial charge >= 0.3 is 0 Å². The number of piperidine rings is 1. The number of hydrogen-bond donors (Lipinski definition) is 1. The van der Waals surface area contributed by atoms with Crippen LogP contribution in [0.15, 0.2) is 0 Å². The fourth-order valence-corrected chi connectivity index (χ4v) is 1.43. The van der Waals surface area contributed by atoms with E-state index in [2.05, 4.69) is 19.2 Å². The van der Waals surface area contributed by atoms with E-state index in [0.717, 1.165) is 19.1 Å². The van der Waals surface area contributed by atoms with Crippen molar-refractivity contribution in [3.05, 3.63) is 0 Å². The minimum Gasteiger partial charge on any atom is -0.377 e. The van der Waals surface area contributed by atoms with Crippen LogP contribution in [-0.4, -0.2) is 25.8 Å². The summed E-state index contributed by atoms with van der Waals surface area (Å²) in [7, 11) is 0. The zero-order valence-corrected chi connectivity index (χ0v) is 8.31. The maximum Gasteiger partial charge on any atom is 0.0699 e. The van der Waals surface area contributed by atoms with Gasteiger partial charge in [-0.3, -0.25) is 0 Å². The highest BCUT2D eigenvalue weighted by Gasteiger charge is 2.12. The molecule has 0 aromatic rings. The molecule has 1 unspecified atom stereocenters. The first-order chi connectivity index (χ1) is 5.79. The Morgan fingerprint density at radius 1 is 1.50 bits per heavy atom.